The minimum atomic E-state index is -0.206. The summed E-state index contributed by atoms with van der Waals surface area (Å²) in [7, 11) is 0. The molecule has 0 aliphatic heterocycles. The van der Waals surface area contributed by atoms with Crippen LogP contribution in [0.3, 0.4) is 0 Å². The Kier molecular flexibility index (Phi) is 4.03. The van der Waals surface area contributed by atoms with E-state index in [-0.39, 0.29) is 5.97 Å². The highest BCUT2D eigenvalue weighted by atomic mass is 32.1. The summed E-state index contributed by atoms with van der Waals surface area (Å²) in [6.45, 7) is 4.52. The van der Waals surface area contributed by atoms with Crippen molar-refractivity contribution in [1.82, 2.24) is 4.98 Å². The van der Waals surface area contributed by atoms with Gasteiger partial charge in [-0.3, -0.25) is 4.79 Å². The average Bonchev–Trinajstić information content (AvgIpc) is 2.48. The molecule has 1 aromatic heterocycles. The minimum absolute atomic E-state index is 0.206. The van der Waals surface area contributed by atoms with Gasteiger partial charge in [0.05, 0.1) is 18.7 Å². The van der Waals surface area contributed by atoms with Gasteiger partial charge in [-0.05, 0) is 13.8 Å². The zero-order valence-corrected chi connectivity index (χ0v) is 9.19. The quantitative estimate of drug-likeness (QED) is 0.760. The first kappa shape index (κ1) is 11.1. The van der Waals surface area contributed by atoms with Gasteiger partial charge >= 0.3 is 5.97 Å². The predicted octanol–water partition coefficient (Wildman–Crippen LogP) is 1.02. The van der Waals surface area contributed by atoms with Crippen molar-refractivity contribution < 1.29 is 9.53 Å². The first-order chi connectivity index (χ1) is 6.67. The molecule has 78 valence electrons. The molecular weight excluding hydrogens is 200 g/mol. The Morgan fingerprint density at radius 2 is 2.36 bits per heavy atom. The second-order valence-corrected chi connectivity index (χ2v) is 3.97. The van der Waals surface area contributed by atoms with Crippen LogP contribution in [0.15, 0.2) is 0 Å². The van der Waals surface area contributed by atoms with E-state index in [4.69, 9.17) is 10.5 Å². The Bertz CT molecular complexity index is 323. The molecule has 14 heavy (non-hydrogen) atoms. The van der Waals surface area contributed by atoms with Crippen molar-refractivity contribution in [2.24, 2.45) is 5.73 Å². The molecule has 5 heteroatoms. The molecule has 1 aromatic rings. The van der Waals surface area contributed by atoms with Crippen LogP contribution < -0.4 is 5.73 Å². The first-order valence-electron chi connectivity index (χ1n) is 4.48. The summed E-state index contributed by atoms with van der Waals surface area (Å²) in [4.78, 5) is 16.4. The maximum absolute atomic E-state index is 11.2. The van der Waals surface area contributed by atoms with Crippen molar-refractivity contribution in [2.75, 3.05) is 6.61 Å². The van der Waals surface area contributed by atoms with Gasteiger partial charge in [-0.15, -0.1) is 11.3 Å². The van der Waals surface area contributed by atoms with Crippen molar-refractivity contribution in [1.29, 1.82) is 0 Å². The highest BCUT2D eigenvalue weighted by molar-refractivity contribution is 7.11. The van der Waals surface area contributed by atoms with Gasteiger partial charge in [-0.1, -0.05) is 0 Å². The average molecular weight is 214 g/mol. The Morgan fingerprint density at radius 3 is 2.86 bits per heavy atom. The fourth-order valence-electron chi connectivity index (χ4n) is 1.08. The van der Waals surface area contributed by atoms with Crippen molar-refractivity contribution in [3.05, 3.63) is 15.6 Å². The maximum atomic E-state index is 11.2. The number of esters is 1. The molecule has 1 heterocycles. The molecule has 2 N–H and O–H groups in total. The molecule has 0 aliphatic rings. The van der Waals surface area contributed by atoms with E-state index in [1.807, 2.05) is 6.92 Å². The molecule has 0 saturated heterocycles. The molecule has 0 fully saturated rings. The molecule has 0 aliphatic carbocycles. The van der Waals surface area contributed by atoms with Crippen LogP contribution in [-0.2, 0) is 22.5 Å². The monoisotopic (exact) mass is 214 g/mol. The molecule has 0 atom stereocenters. The fraction of sp³-hybridized carbons (Fsp3) is 0.556. The number of aryl methyl sites for hydroxylation is 1. The third-order valence-electron chi connectivity index (χ3n) is 1.72. The van der Waals surface area contributed by atoms with E-state index in [1.165, 1.54) is 11.3 Å². The molecule has 0 saturated carbocycles. The lowest BCUT2D eigenvalue weighted by Crippen LogP contribution is -2.07. The minimum Gasteiger partial charge on any atom is -0.466 e. The molecule has 0 amide bonds. The van der Waals surface area contributed by atoms with Crippen LogP contribution in [0.25, 0.3) is 0 Å². The molecule has 0 radical (unpaired) electrons. The maximum Gasteiger partial charge on any atom is 0.311 e. The number of nitrogens with zero attached hydrogens (tertiary/aromatic N) is 1. The number of hydrogen-bond donors (Lipinski definition) is 1. The normalized spacial score (nSPS) is 10.2. The van der Waals surface area contributed by atoms with Gasteiger partial charge in [-0.25, -0.2) is 4.98 Å². The number of hydrogen-bond acceptors (Lipinski definition) is 5. The van der Waals surface area contributed by atoms with Gasteiger partial charge in [0.25, 0.3) is 0 Å². The standard InChI is InChI=1S/C9H14N2O2S/c1-3-13-9(12)4-7-6(2)11-8(5-10)14-7/h3-5,10H2,1-2H3. The largest absolute Gasteiger partial charge is 0.466 e. The van der Waals surface area contributed by atoms with E-state index in [0.29, 0.717) is 19.6 Å². The summed E-state index contributed by atoms with van der Waals surface area (Å²) in [5, 5.41) is 0.863. The number of rotatable bonds is 4. The molecule has 1 rings (SSSR count). The number of aromatic nitrogens is 1. The van der Waals surface area contributed by atoms with Crippen LogP contribution in [0, 0.1) is 6.92 Å². The summed E-state index contributed by atoms with van der Waals surface area (Å²) < 4.78 is 4.85. The SMILES string of the molecule is CCOC(=O)Cc1sc(CN)nc1C. The third-order valence-corrected chi connectivity index (χ3v) is 2.90. The second-order valence-electron chi connectivity index (χ2n) is 2.80. The summed E-state index contributed by atoms with van der Waals surface area (Å²) in [5.41, 5.74) is 6.33. The van der Waals surface area contributed by atoms with Crippen LogP contribution in [0.1, 0.15) is 22.5 Å². The summed E-state index contributed by atoms with van der Waals surface area (Å²) >= 11 is 1.48. The van der Waals surface area contributed by atoms with Gasteiger partial charge in [0.2, 0.25) is 0 Å². The Labute approximate surface area is 87.1 Å². The van der Waals surface area contributed by atoms with Crippen molar-refractivity contribution >= 4 is 17.3 Å². The first-order valence-corrected chi connectivity index (χ1v) is 5.29. The number of thiazole rings is 1. The summed E-state index contributed by atoms with van der Waals surface area (Å²) in [6, 6.07) is 0. The lowest BCUT2D eigenvalue weighted by atomic mass is 10.3. The Hall–Kier alpha value is -0.940. The van der Waals surface area contributed by atoms with Crippen LogP contribution >= 0.6 is 11.3 Å². The van der Waals surface area contributed by atoms with Crippen LogP contribution in [0.4, 0.5) is 0 Å². The third kappa shape index (κ3) is 2.78. The van der Waals surface area contributed by atoms with Gasteiger partial charge in [-0.2, -0.15) is 0 Å². The van der Waals surface area contributed by atoms with Gasteiger partial charge in [0.15, 0.2) is 0 Å². The fourth-order valence-corrected chi connectivity index (χ4v) is 2.02. The zero-order valence-electron chi connectivity index (χ0n) is 8.37. The van der Waals surface area contributed by atoms with Gasteiger partial charge in [0, 0.05) is 11.4 Å². The second kappa shape index (κ2) is 5.07. The topological polar surface area (TPSA) is 65.2 Å². The molecule has 4 nitrogen and oxygen atoms in total. The molecular formula is C9H14N2O2S. The van der Waals surface area contributed by atoms with Gasteiger partial charge < -0.3 is 10.5 Å². The van der Waals surface area contributed by atoms with Crippen molar-refractivity contribution in [2.45, 2.75) is 26.8 Å². The van der Waals surface area contributed by atoms with E-state index in [0.717, 1.165) is 15.6 Å². The Balaban J connectivity index is 2.66. The van der Waals surface area contributed by atoms with Crippen LogP contribution in [0.5, 0.6) is 0 Å². The number of carbonyl (C=O) groups is 1. The predicted molar refractivity (Wildman–Crippen MR) is 55.1 cm³/mol. The summed E-state index contributed by atoms with van der Waals surface area (Å²) in [5.74, 6) is -0.206. The molecule has 0 spiro atoms. The molecule has 0 bridgehead atoms. The number of ether oxygens (including phenoxy) is 1. The van der Waals surface area contributed by atoms with E-state index in [1.54, 1.807) is 6.92 Å². The smallest absolute Gasteiger partial charge is 0.311 e. The van der Waals surface area contributed by atoms with E-state index >= 15 is 0 Å². The molecule has 0 aromatic carbocycles. The number of nitrogens with two attached hydrogens (primary N) is 1. The zero-order chi connectivity index (χ0) is 10.6. The number of carbonyl (C=O) groups excluding carboxylic acids is 1. The van der Waals surface area contributed by atoms with Crippen molar-refractivity contribution in [3.8, 4) is 0 Å². The van der Waals surface area contributed by atoms with Crippen LogP contribution in [0.2, 0.25) is 0 Å². The van der Waals surface area contributed by atoms with E-state index in [2.05, 4.69) is 4.98 Å². The van der Waals surface area contributed by atoms with Crippen LogP contribution in [-0.4, -0.2) is 17.6 Å². The lowest BCUT2D eigenvalue weighted by Gasteiger charge is -1.99. The highest BCUT2D eigenvalue weighted by Gasteiger charge is 2.11. The highest BCUT2D eigenvalue weighted by Crippen LogP contribution is 2.18. The van der Waals surface area contributed by atoms with E-state index < -0.39 is 0 Å². The lowest BCUT2D eigenvalue weighted by molar-refractivity contribution is -0.142. The Morgan fingerprint density at radius 1 is 1.64 bits per heavy atom. The van der Waals surface area contributed by atoms with E-state index in [9.17, 15) is 4.79 Å². The van der Waals surface area contributed by atoms with Crippen molar-refractivity contribution in [3.63, 3.8) is 0 Å². The summed E-state index contributed by atoms with van der Waals surface area (Å²) in [6.07, 6.45) is 0.303. The van der Waals surface area contributed by atoms with Gasteiger partial charge in [0.1, 0.15) is 5.01 Å². The molecule has 0 unspecified atom stereocenters.